The molecule has 1 atom stereocenters. The Morgan fingerprint density at radius 3 is 2.47 bits per heavy atom. The van der Waals surface area contributed by atoms with Crippen LogP contribution in [0.3, 0.4) is 0 Å². The van der Waals surface area contributed by atoms with Crippen molar-refractivity contribution in [1.82, 2.24) is 15.2 Å². The summed E-state index contributed by atoms with van der Waals surface area (Å²) in [4.78, 5) is 16.1. The molecular formula is C13H19N5O. The molecule has 1 aromatic rings. The van der Waals surface area contributed by atoms with Crippen molar-refractivity contribution in [3.05, 3.63) is 11.4 Å². The predicted octanol–water partition coefficient (Wildman–Crippen LogP) is 1.87. The minimum absolute atomic E-state index is 0.176. The molecule has 0 bridgehead atoms. The smallest absolute Gasteiger partial charge is 0.249 e. The Labute approximate surface area is 113 Å². The van der Waals surface area contributed by atoms with Crippen LogP contribution in [-0.2, 0) is 17.6 Å². The Morgan fingerprint density at radius 1 is 1.26 bits per heavy atom. The van der Waals surface area contributed by atoms with Gasteiger partial charge in [-0.3, -0.25) is 10.1 Å². The van der Waals surface area contributed by atoms with Gasteiger partial charge in [-0.2, -0.15) is 5.26 Å². The van der Waals surface area contributed by atoms with E-state index in [0.29, 0.717) is 6.42 Å². The number of amides is 1. The van der Waals surface area contributed by atoms with Gasteiger partial charge in [0.05, 0.1) is 17.5 Å². The molecule has 0 aliphatic heterocycles. The summed E-state index contributed by atoms with van der Waals surface area (Å²) >= 11 is 0. The van der Waals surface area contributed by atoms with Gasteiger partial charge in [0.25, 0.3) is 0 Å². The highest BCUT2D eigenvalue weighted by Crippen LogP contribution is 2.10. The Kier molecular flexibility index (Phi) is 5.86. The fraction of sp³-hybridized carbons (Fsp3) is 0.615. The number of nitrogens with zero attached hydrogens (tertiary/aromatic N) is 4. The highest BCUT2D eigenvalue weighted by Gasteiger charge is 2.18. The zero-order valence-corrected chi connectivity index (χ0v) is 11.6. The molecule has 102 valence electrons. The number of nitrogens with one attached hydrogen (secondary N) is 1. The lowest BCUT2D eigenvalue weighted by molar-refractivity contribution is -0.118. The number of anilines is 1. The predicted molar refractivity (Wildman–Crippen MR) is 71.2 cm³/mol. The van der Waals surface area contributed by atoms with Crippen LogP contribution in [0.15, 0.2) is 0 Å². The van der Waals surface area contributed by atoms with Crippen LogP contribution < -0.4 is 5.32 Å². The average Bonchev–Trinajstić information content (AvgIpc) is 2.44. The van der Waals surface area contributed by atoms with Crippen molar-refractivity contribution in [3.63, 3.8) is 0 Å². The highest BCUT2D eigenvalue weighted by molar-refractivity contribution is 5.92. The van der Waals surface area contributed by atoms with E-state index in [9.17, 15) is 4.79 Å². The second-order valence-corrected chi connectivity index (χ2v) is 4.20. The molecule has 1 amide bonds. The monoisotopic (exact) mass is 261 g/mol. The van der Waals surface area contributed by atoms with Gasteiger partial charge in [0, 0.05) is 0 Å². The van der Waals surface area contributed by atoms with E-state index in [2.05, 4.69) is 20.5 Å². The second-order valence-electron chi connectivity index (χ2n) is 4.20. The zero-order valence-electron chi connectivity index (χ0n) is 11.6. The second kappa shape index (κ2) is 7.41. The van der Waals surface area contributed by atoms with Gasteiger partial charge in [-0.1, -0.05) is 27.2 Å². The molecule has 0 radical (unpaired) electrons. The number of nitriles is 1. The van der Waals surface area contributed by atoms with Crippen molar-refractivity contribution in [1.29, 1.82) is 5.26 Å². The lowest BCUT2D eigenvalue weighted by atomic mass is 10.1. The molecule has 19 heavy (non-hydrogen) atoms. The molecule has 0 saturated heterocycles. The standard InChI is InChI=1S/C13H19N5O/c1-4-7-9(8-14)12(19)16-13-15-10(5-2)11(6-3)17-18-13/h9H,4-7H2,1-3H3,(H,15,16,18,19). The van der Waals surface area contributed by atoms with E-state index in [0.717, 1.165) is 30.7 Å². The first kappa shape index (κ1) is 15.0. The third-order valence-electron chi connectivity index (χ3n) is 2.79. The molecule has 1 N–H and O–H groups in total. The van der Waals surface area contributed by atoms with Gasteiger partial charge in [-0.15, -0.1) is 10.2 Å². The molecule has 1 aromatic heterocycles. The molecule has 1 heterocycles. The maximum atomic E-state index is 11.8. The number of carbonyl (C=O) groups excluding carboxylic acids is 1. The summed E-state index contributed by atoms with van der Waals surface area (Å²) < 4.78 is 0. The van der Waals surface area contributed by atoms with E-state index in [1.807, 2.05) is 26.8 Å². The van der Waals surface area contributed by atoms with E-state index in [4.69, 9.17) is 5.26 Å². The van der Waals surface area contributed by atoms with Gasteiger partial charge >= 0.3 is 0 Å². The van der Waals surface area contributed by atoms with Gasteiger partial charge in [0.1, 0.15) is 5.92 Å². The molecule has 1 rings (SSSR count). The van der Waals surface area contributed by atoms with Gasteiger partial charge in [-0.05, 0) is 19.3 Å². The van der Waals surface area contributed by atoms with Crippen LogP contribution in [0.4, 0.5) is 5.95 Å². The molecule has 6 heteroatoms. The fourth-order valence-electron chi connectivity index (χ4n) is 1.73. The van der Waals surface area contributed by atoms with E-state index < -0.39 is 5.92 Å². The Morgan fingerprint density at radius 2 is 1.95 bits per heavy atom. The summed E-state index contributed by atoms with van der Waals surface area (Å²) in [5, 5.41) is 19.4. The molecule has 0 fully saturated rings. The highest BCUT2D eigenvalue weighted by atomic mass is 16.2. The zero-order chi connectivity index (χ0) is 14.3. The Bertz CT molecular complexity index is 480. The lowest BCUT2D eigenvalue weighted by Crippen LogP contribution is -2.23. The topological polar surface area (TPSA) is 91.6 Å². The van der Waals surface area contributed by atoms with Gasteiger partial charge in [0.15, 0.2) is 0 Å². The van der Waals surface area contributed by atoms with Crippen LogP contribution in [0, 0.1) is 17.2 Å². The summed E-state index contributed by atoms with van der Waals surface area (Å²) in [6.45, 7) is 5.89. The van der Waals surface area contributed by atoms with Gasteiger partial charge < -0.3 is 0 Å². The van der Waals surface area contributed by atoms with Crippen LogP contribution in [0.1, 0.15) is 45.0 Å². The first-order chi connectivity index (χ1) is 9.15. The lowest BCUT2D eigenvalue weighted by Gasteiger charge is -2.09. The summed E-state index contributed by atoms with van der Waals surface area (Å²) in [5.74, 6) is -0.850. The normalized spacial score (nSPS) is 11.7. The van der Waals surface area contributed by atoms with Gasteiger partial charge in [-0.25, -0.2) is 4.98 Å². The number of carbonyl (C=O) groups is 1. The number of aromatic nitrogens is 3. The molecule has 0 saturated carbocycles. The van der Waals surface area contributed by atoms with Crippen molar-refractivity contribution in [2.45, 2.75) is 46.5 Å². The first-order valence-electron chi connectivity index (χ1n) is 6.59. The first-order valence-corrected chi connectivity index (χ1v) is 6.59. The molecule has 0 aliphatic carbocycles. The Hall–Kier alpha value is -2.03. The van der Waals surface area contributed by atoms with Crippen LogP contribution in [-0.4, -0.2) is 21.1 Å². The number of aryl methyl sites for hydroxylation is 2. The summed E-state index contributed by atoms with van der Waals surface area (Å²) in [6.07, 6.45) is 2.80. The summed E-state index contributed by atoms with van der Waals surface area (Å²) in [5.41, 5.74) is 1.67. The van der Waals surface area contributed by atoms with Crippen molar-refractivity contribution < 1.29 is 4.79 Å². The van der Waals surface area contributed by atoms with E-state index >= 15 is 0 Å². The molecule has 0 aromatic carbocycles. The molecule has 1 unspecified atom stereocenters. The van der Waals surface area contributed by atoms with E-state index in [1.165, 1.54) is 0 Å². The molecule has 0 aliphatic rings. The minimum Gasteiger partial charge on any atom is -0.292 e. The third-order valence-corrected chi connectivity index (χ3v) is 2.79. The fourth-order valence-corrected chi connectivity index (χ4v) is 1.73. The number of hydrogen-bond acceptors (Lipinski definition) is 5. The van der Waals surface area contributed by atoms with Crippen LogP contribution in [0.25, 0.3) is 0 Å². The molecule has 0 spiro atoms. The van der Waals surface area contributed by atoms with Crippen molar-refractivity contribution in [2.75, 3.05) is 5.32 Å². The van der Waals surface area contributed by atoms with Crippen LogP contribution >= 0.6 is 0 Å². The SMILES string of the molecule is CCCC(C#N)C(=O)Nc1nnc(CC)c(CC)n1. The average molecular weight is 261 g/mol. The van der Waals surface area contributed by atoms with Crippen molar-refractivity contribution >= 4 is 11.9 Å². The molecular weight excluding hydrogens is 242 g/mol. The summed E-state index contributed by atoms with van der Waals surface area (Å²) in [7, 11) is 0. The number of hydrogen-bond donors (Lipinski definition) is 1. The number of rotatable bonds is 6. The van der Waals surface area contributed by atoms with E-state index in [-0.39, 0.29) is 11.9 Å². The van der Waals surface area contributed by atoms with Crippen molar-refractivity contribution in [3.8, 4) is 6.07 Å². The van der Waals surface area contributed by atoms with Crippen LogP contribution in [0.2, 0.25) is 0 Å². The maximum Gasteiger partial charge on any atom is 0.249 e. The third kappa shape index (κ3) is 3.98. The quantitative estimate of drug-likeness (QED) is 0.844. The van der Waals surface area contributed by atoms with Crippen molar-refractivity contribution in [2.24, 2.45) is 5.92 Å². The van der Waals surface area contributed by atoms with Crippen LogP contribution in [0.5, 0.6) is 0 Å². The van der Waals surface area contributed by atoms with Gasteiger partial charge in [0.2, 0.25) is 11.9 Å². The largest absolute Gasteiger partial charge is 0.292 e. The molecule has 6 nitrogen and oxygen atoms in total. The Balaban J connectivity index is 2.82. The van der Waals surface area contributed by atoms with E-state index in [1.54, 1.807) is 0 Å². The minimum atomic E-state index is -0.662. The summed E-state index contributed by atoms with van der Waals surface area (Å²) in [6, 6.07) is 1.99. The maximum absolute atomic E-state index is 11.8.